The predicted octanol–water partition coefficient (Wildman–Crippen LogP) is 3.21. The molecule has 0 saturated heterocycles. The van der Waals surface area contributed by atoms with Gasteiger partial charge in [-0.3, -0.25) is 0 Å². The Bertz CT molecular complexity index is 452. The summed E-state index contributed by atoms with van der Waals surface area (Å²) in [6.07, 6.45) is 1.66. The minimum absolute atomic E-state index is 0.0774. The van der Waals surface area contributed by atoms with E-state index in [2.05, 4.69) is 42.8 Å². The third kappa shape index (κ3) is 5.03. The molecular formula is C16H23NO3. The summed E-state index contributed by atoms with van der Waals surface area (Å²) in [5.41, 5.74) is 2.02. The molecule has 0 amide bonds. The van der Waals surface area contributed by atoms with E-state index in [9.17, 15) is 4.79 Å². The maximum Gasteiger partial charge on any atom is 0.346 e. The number of carbonyl (C=O) groups excluding carboxylic acids is 1. The minimum Gasteiger partial charge on any atom is -0.466 e. The number of hydrogen-bond acceptors (Lipinski definition) is 4. The fourth-order valence-corrected chi connectivity index (χ4v) is 1.61. The van der Waals surface area contributed by atoms with Crippen LogP contribution >= 0.6 is 0 Å². The first-order valence-corrected chi connectivity index (χ1v) is 6.79. The van der Waals surface area contributed by atoms with E-state index >= 15 is 0 Å². The Balaban J connectivity index is 2.80. The number of carbonyl (C=O) groups is 1. The summed E-state index contributed by atoms with van der Waals surface area (Å²) in [6, 6.07) is 10.1. The maximum atomic E-state index is 11.1. The summed E-state index contributed by atoms with van der Waals surface area (Å²) in [6.45, 7) is 6.20. The van der Waals surface area contributed by atoms with Gasteiger partial charge in [0.15, 0.2) is 0 Å². The molecular weight excluding hydrogens is 254 g/mol. The van der Waals surface area contributed by atoms with E-state index in [0.29, 0.717) is 6.42 Å². The van der Waals surface area contributed by atoms with E-state index in [1.54, 1.807) is 0 Å². The summed E-state index contributed by atoms with van der Waals surface area (Å²) < 4.78 is 4.53. The molecule has 4 nitrogen and oxygen atoms in total. The number of oxime groups is 1. The molecule has 0 radical (unpaired) electrons. The van der Waals surface area contributed by atoms with Crippen LogP contribution in [0.4, 0.5) is 0 Å². The number of ether oxygens (including phenoxy) is 1. The van der Waals surface area contributed by atoms with Gasteiger partial charge in [0.1, 0.15) is 0 Å². The highest BCUT2D eigenvalue weighted by Gasteiger charge is 2.24. The monoisotopic (exact) mass is 277 g/mol. The van der Waals surface area contributed by atoms with E-state index < -0.39 is 5.97 Å². The molecule has 0 N–H and O–H groups in total. The van der Waals surface area contributed by atoms with Crippen LogP contribution in [0, 0.1) is 5.41 Å². The molecule has 0 unspecified atom stereocenters. The van der Waals surface area contributed by atoms with Crippen molar-refractivity contribution >= 4 is 11.7 Å². The van der Waals surface area contributed by atoms with E-state index in [1.807, 2.05) is 18.2 Å². The average Bonchev–Trinajstić information content (AvgIpc) is 2.47. The molecule has 1 rings (SSSR count). The van der Waals surface area contributed by atoms with Crippen molar-refractivity contribution in [2.45, 2.75) is 33.6 Å². The first-order valence-electron chi connectivity index (χ1n) is 6.79. The van der Waals surface area contributed by atoms with Crippen LogP contribution in [0.25, 0.3) is 0 Å². The summed E-state index contributed by atoms with van der Waals surface area (Å²) >= 11 is 0. The smallest absolute Gasteiger partial charge is 0.346 e. The Morgan fingerprint density at radius 2 is 1.90 bits per heavy atom. The Labute approximate surface area is 120 Å². The molecule has 0 saturated carbocycles. The van der Waals surface area contributed by atoms with Gasteiger partial charge < -0.3 is 9.57 Å². The third-order valence-corrected chi connectivity index (χ3v) is 3.46. The average molecular weight is 277 g/mol. The van der Waals surface area contributed by atoms with Gasteiger partial charge in [-0.15, -0.1) is 0 Å². The molecule has 0 aliphatic rings. The molecule has 0 heterocycles. The summed E-state index contributed by atoms with van der Waals surface area (Å²) in [4.78, 5) is 16.2. The van der Waals surface area contributed by atoms with Crippen molar-refractivity contribution in [3.63, 3.8) is 0 Å². The quantitative estimate of drug-likeness (QED) is 0.437. The highest BCUT2D eigenvalue weighted by atomic mass is 16.6. The Morgan fingerprint density at radius 1 is 1.25 bits per heavy atom. The lowest BCUT2D eigenvalue weighted by atomic mass is 9.82. The van der Waals surface area contributed by atoms with E-state index in [-0.39, 0.29) is 12.0 Å². The van der Waals surface area contributed by atoms with Crippen molar-refractivity contribution < 1.29 is 14.4 Å². The lowest BCUT2D eigenvalue weighted by Crippen LogP contribution is -2.26. The molecule has 0 atom stereocenters. The van der Waals surface area contributed by atoms with Crippen LogP contribution in [-0.4, -0.2) is 25.4 Å². The first kappa shape index (κ1) is 16.2. The van der Waals surface area contributed by atoms with Crippen molar-refractivity contribution in [2.24, 2.45) is 10.6 Å². The van der Waals surface area contributed by atoms with E-state index in [4.69, 9.17) is 4.84 Å². The first-order chi connectivity index (χ1) is 9.49. The van der Waals surface area contributed by atoms with Gasteiger partial charge in [-0.05, 0) is 12.0 Å². The number of hydrogen-bond donors (Lipinski definition) is 0. The molecule has 0 aliphatic heterocycles. The molecule has 0 spiro atoms. The van der Waals surface area contributed by atoms with E-state index in [1.165, 1.54) is 12.7 Å². The highest BCUT2D eigenvalue weighted by Crippen LogP contribution is 2.24. The Morgan fingerprint density at radius 3 is 2.45 bits per heavy atom. The standard InChI is InChI=1S/C16H23NO3/c1-5-16(2,3)14(17-20-12-15(18)19-4)11-13-9-7-6-8-10-13/h6-10H,5,11-12H2,1-4H3/b17-14+. The van der Waals surface area contributed by atoms with Gasteiger partial charge in [-0.1, -0.05) is 56.3 Å². The van der Waals surface area contributed by atoms with Crippen molar-refractivity contribution in [1.82, 2.24) is 0 Å². The predicted molar refractivity (Wildman–Crippen MR) is 79.6 cm³/mol. The summed E-state index contributed by atoms with van der Waals surface area (Å²) in [5, 5.41) is 4.17. The second-order valence-electron chi connectivity index (χ2n) is 5.29. The molecule has 20 heavy (non-hydrogen) atoms. The van der Waals surface area contributed by atoms with Crippen LogP contribution < -0.4 is 0 Å². The van der Waals surface area contributed by atoms with Crippen molar-refractivity contribution in [1.29, 1.82) is 0 Å². The molecule has 1 aromatic rings. The molecule has 110 valence electrons. The van der Waals surface area contributed by atoms with E-state index in [0.717, 1.165) is 12.1 Å². The van der Waals surface area contributed by atoms with Gasteiger partial charge in [0.2, 0.25) is 6.61 Å². The second-order valence-corrected chi connectivity index (χ2v) is 5.29. The van der Waals surface area contributed by atoms with Gasteiger partial charge in [-0.2, -0.15) is 0 Å². The fraction of sp³-hybridized carbons (Fsp3) is 0.500. The molecule has 0 aliphatic carbocycles. The molecule has 4 heteroatoms. The second kappa shape index (κ2) is 7.68. The zero-order chi connectivity index (χ0) is 15.0. The Hall–Kier alpha value is -1.84. The van der Waals surface area contributed by atoms with Crippen LogP contribution in [-0.2, 0) is 20.8 Å². The van der Waals surface area contributed by atoms with Crippen LogP contribution in [0.1, 0.15) is 32.8 Å². The number of benzene rings is 1. The fourth-order valence-electron chi connectivity index (χ4n) is 1.61. The Kier molecular flexibility index (Phi) is 6.22. The third-order valence-electron chi connectivity index (χ3n) is 3.46. The van der Waals surface area contributed by atoms with Gasteiger partial charge in [-0.25, -0.2) is 4.79 Å². The lowest BCUT2D eigenvalue weighted by molar-refractivity contribution is -0.145. The van der Waals surface area contributed by atoms with Gasteiger partial charge >= 0.3 is 5.97 Å². The lowest BCUT2D eigenvalue weighted by Gasteiger charge is -2.24. The summed E-state index contributed by atoms with van der Waals surface area (Å²) in [7, 11) is 1.33. The molecule has 0 aromatic heterocycles. The maximum absolute atomic E-state index is 11.1. The minimum atomic E-state index is -0.429. The number of methoxy groups -OCH3 is 1. The largest absolute Gasteiger partial charge is 0.466 e. The van der Waals surface area contributed by atoms with Gasteiger partial charge in [0.05, 0.1) is 12.8 Å². The van der Waals surface area contributed by atoms with Crippen LogP contribution in [0.5, 0.6) is 0 Å². The SMILES string of the molecule is CCC(C)(C)/C(Cc1ccccc1)=N/OCC(=O)OC. The van der Waals surface area contributed by atoms with Gasteiger partial charge in [0.25, 0.3) is 0 Å². The molecule has 0 bridgehead atoms. The number of esters is 1. The summed E-state index contributed by atoms with van der Waals surface area (Å²) in [5.74, 6) is -0.429. The zero-order valence-electron chi connectivity index (χ0n) is 12.7. The van der Waals surface area contributed by atoms with Crippen LogP contribution in [0.15, 0.2) is 35.5 Å². The molecule has 0 fully saturated rings. The topological polar surface area (TPSA) is 47.9 Å². The zero-order valence-corrected chi connectivity index (χ0v) is 12.7. The highest BCUT2D eigenvalue weighted by molar-refractivity contribution is 5.91. The number of rotatable bonds is 7. The van der Waals surface area contributed by atoms with Crippen LogP contribution in [0.3, 0.4) is 0 Å². The van der Waals surface area contributed by atoms with Crippen molar-refractivity contribution in [3.8, 4) is 0 Å². The molecule has 1 aromatic carbocycles. The van der Waals surface area contributed by atoms with Crippen molar-refractivity contribution in [2.75, 3.05) is 13.7 Å². The van der Waals surface area contributed by atoms with Gasteiger partial charge in [0, 0.05) is 11.8 Å². The van der Waals surface area contributed by atoms with Crippen molar-refractivity contribution in [3.05, 3.63) is 35.9 Å². The normalized spacial score (nSPS) is 12.1. The number of nitrogens with zero attached hydrogens (tertiary/aromatic N) is 1. The van der Waals surface area contributed by atoms with Crippen LogP contribution in [0.2, 0.25) is 0 Å².